The summed E-state index contributed by atoms with van der Waals surface area (Å²) in [7, 11) is 0. The van der Waals surface area contributed by atoms with E-state index in [1.165, 1.54) is 28.4 Å². The highest BCUT2D eigenvalue weighted by molar-refractivity contribution is 7.11. The summed E-state index contributed by atoms with van der Waals surface area (Å²) in [5.74, 6) is 0. The first-order chi connectivity index (χ1) is 9.30. The second-order valence-electron chi connectivity index (χ2n) is 5.24. The van der Waals surface area contributed by atoms with Gasteiger partial charge < -0.3 is 5.32 Å². The summed E-state index contributed by atoms with van der Waals surface area (Å²) in [6, 6.07) is 0.531. The van der Waals surface area contributed by atoms with E-state index in [2.05, 4.69) is 31.0 Å². The first kappa shape index (κ1) is 14.9. The normalized spacial score (nSPS) is 18.7. The van der Waals surface area contributed by atoms with Crippen molar-refractivity contribution in [2.45, 2.75) is 52.5 Å². The highest BCUT2D eigenvalue weighted by Crippen LogP contribution is 2.31. The van der Waals surface area contributed by atoms with Crippen molar-refractivity contribution in [3.05, 3.63) is 15.6 Å². The zero-order valence-corrected chi connectivity index (χ0v) is 13.4. The average Bonchev–Trinajstić information content (AvgIpc) is 2.84. The molecule has 1 saturated heterocycles. The van der Waals surface area contributed by atoms with Crippen LogP contribution in [0.15, 0.2) is 0 Å². The number of hydrogen-bond acceptors (Lipinski definition) is 4. The number of aryl methyl sites for hydroxylation is 2. The summed E-state index contributed by atoms with van der Waals surface area (Å²) in [5, 5.41) is 4.79. The monoisotopic (exact) mass is 281 g/mol. The van der Waals surface area contributed by atoms with Crippen molar-refractivity contribution in [3.8, 4) is 0 Å². The molecule has 1 aliphatic heterocycles. The Morgan fingerprint density at radius 3 is 2.58 bits per heavy atom. The van der Waals surface area contributed by atoms with Crippen LogP contribution in [0.1, 0.15) is 55.2 Å². The number of piperazine rings is 1. The van der Waals surface area contributed by atoms with Crippen LogP contribution in [-0.4, -0.2) is 36.1 Å². The van der Waals surface area contributed by atoms with Gasteiger partial charge in [0.2, 0.25) is 0 Å². The molecule has 0 aromatic carbocycles. The lowest BCUT2D eigenvalue weighted by Crippen LogP contribution is -2.45. The van der Waals surface area contributed by atoms with Gasteiger partial charge in [0, 0.05) is 31.1 Å². The molecule has 19 heavy (non-hydrogen) atoms. The van der Waals surface area contributed by atoms with Crippen molar-refractivity contribution in [2.24, 2.45) is 0 Å². The molecule has 1 N–H and O–H groups in total. The third kappa shape index (κ3) is 3.56. The predicted octanol–water partition coefficient (Wildman–Crippen LogP) is 3.01. The van der Waals surface area contributed by atoms with Crippen LogP contribution in [0.5, 0.6) is 0 Å². The van der Waals surface area contributed by atoms with E-state index < -0.39 is 0 Å². The van der Waals surface area contributed by atoms with Crippen LogP contribution in [0.3, 0.4) is 0 Å². The largest absolute Gasteiger partial charge is 0.314 e. The molecule has 2 rings (SSSR count). The molecule has 1 aromatic rings. The van der Waals surface area contributed by atoms with Crippen LogP contribution < -0.4 is 5.32 Å². The number of thiazole rings is 1. The van der Waals surface area contributed by atoms with Crippen molar-refractivity contribution in [3.63, 3.8) is 0 Å². The summed E-state index contributed by atoms with van der Waals surface area (Å²) in [6.45, 7) is 11.3. The second-order valence-corrected chi connectivity index (χ2v) is 6.35. The van der Waals surface area contributed by atoms with Crippen LogP contribution in [-0.2, 0) is 12.8 Å². The van der Waals surface area contributed by atoms with Gasteiger partial charge in [-0.3, -0.25) is 4.90 Å². The smallest absolute Gasteiger partial charge is 0.110 e. The Hall–Kier alpha value is -0.450. The van der Waals surface area contributed by atoms with Gasteiger partial charge in [0.25, 0.3) is 0 Å². The van der Waals surface area contributed by atoms with Crippen molar-refractivity contribution < 1.29 is 0 Å². The van der Waals surface area contributed by atoms with Crippen LogP contribution in [0.4, 0.5) is 0 Å². The molecule has 0 saturated carbocycles. The maximum Gasteiger partial charge on any atom is 0.110 e. The molecular formula is C15H27N3S. The minimum Gasteiger partial charge on any atom is -0.314 e. The lowest BCUT2D eigenvalue weighted by Gasteiger charge is -2.33. The Labute approximate surface area is 121 Å². The van der Waals surface area contributed by atoms with Crippen LogP contribution in [0, 0.1) is 0 Å². The van der Waals surface area contributed by atoms with E-state index in [1.807, 2.05) is 11.3 Å². The second kappa shape index (κ2) is 7.36. The van der Waals surface area contributed by atoms with Gasteiger partial charge in [-0.1, -0.05) is 27.2 Å². The van der Waals surface area contributed by atoms with Crippen molar-refractivity contribution in [1.82, 2.24) is 15.2 Å². The minimum absolute atomic E-state index is 0.531. The van der Waals surface area contributed by atoms with Crippen LogP contribution in [0.25, 0.3) is 0 Å². The minimum atomic E-state index is 0.531. The maximum absolute atomic E-state index is 4.97. The quantitative estimate of drug-likeness (QED) is 0.869. The van der Waals surface area contributed by atoms with Gasteiger partial charge in [0.05, 0.1) is 11.7 Å². The Morgan fingerprint density at radius 2 is 2.00 bits per heavy atom. The number of aromatic nitrogens is 1. The molecular weight excluding hydrogens is 254 g/mol. The van der Waals surface area contributed by atoms with E-state index in [1.54, 1.807) is 0 Å². The van der Waals surface area contributed by atoms with Crippen molar-refractivity contribution >= 4 is 11.3 Å². The lowest BCUT2D eigenvalue weighted by atomic mass is 10.1. The van der Waals surface area contributed by atoms with Crippen molar-refractivity contribution in [2.75, 3.05) is 26.2 Å². The Morgan fingerprint density at radius 1 is 1.26 bits per heavy atom. The zero-order chi connectivity index (χ0) is 13.7. The van der Waals surface area contributed by atoms with E-state index >= 15 is 0 Å². The van der Waals surface area contributed by atoms with Gasteiger partial charge >= 0.3 is 0 Å². The SMILES string of the molecule is CCCc1nc(C(CC)N2CCNCC2)sc1CC. The molecule has 1 fully saturated rings. The molecule has 0 spiro atoms. The number of rotatable bonds is 6. The molecule has 2 heterocycles. The lowest BCUT2D eigenvalue weighted by molar-refractivity contribution is 0.169. The summed E-state index contributed by atoms with van der Waals surface area (Å²) in [6.07, 6.45) is 4.63. The average molecular weight is 281 g/mol. The molecule has 108 valence electrons. The molecule has 1 atom stereocenters. The van der Waals surface area contributed by atoms with E-state index in [-0.39, 0.29) is 0 Å². The third-order valence-corrected chi connectivity index (χ3v) is 5.21. The molecule has 0 radical (unpaired) electrons. The predicted molar refractivity (Wildman–Crippen MR) is 83.0 cm³/mol. The van der Waals surface area contributed by atoms with Gasteiger partial charge in [-0.15, -0.1) is 11.3 Å². The molecule has 1 aliphatic rings. The molecule has 0 bridgehead atoms. The highest BCUT2D eigenvalue weighted by Gasteiger charge is 2.24. The molecule has 1 aromatic heterocycles. The van der Waals surface area contributed by atoms with E-state index in [9.17, 15) is 0 Å². The van der Waals surface area contributed by atoms with Crippen LogP contribution >= 0.6 is 11.3 Å². The third-order valence-electron chi connectivity index (χ3n) is 3.87. The molecule has 1 unspecified atom stereocenters. The van der Waals surface area contributed by atoms with E-state index in [4.69, 9.17) is 4.98 Å². The van der Waals surface area contributed by atoms with Gasteiger partial charge in [0.1, 0.15) is 5.01 Å². The molecule has 3 nitrogen and oxygen atoms in total. The van der Waals surface area contributed by atoms with Gasteiger partial charge in [-0.2, -0.15) is 0 Å². The number of nitrogens with one attached hydrogen (secondary N) is 1. The fourth-order valence-electron chi connectivity index (χ4n) is 2.84. The van der Waals surface area contributed by atoms with E-state index in [0.29, 0.717) is 6.04 Å². The molecule has 0 aliphatic carbocycles. The van der Waals surface area contributed by atoms with Crippen LogP contribution in [0.2, 0.25) is 0 Å². The van der Waals surface area contributed by atoms with E-state index in [0.717, 1.165) is 39.0 Å². The molecule has 4 heteroatoms. The first-order valence-corrected chi connectivity index (χ1v) is 8.55. The van der Waals surface area contributed by atoms with Gasteiger partial charge in [-0.25, -0.2) is 4.98 Å². The van der Waals surface area contributed by atoms with Crippen molar-refractivity contribution in [1.29, 1.82) is 0 Å². The standard InChI is InChI=1S/C15H27N3S/c1-4-7-12-14(6-3)19-15(17-12)13(5-2)18-10-8-16-9-11-18/h13,16H,4-11H2,1-3H3. The first-order valence-electron chi connectivity index (χ1n) is 7.73. The maximum atomic E-state index is 4.97. The zero-order valence-electron chi connectivity index (χ0n) is 12.5. The van der Waals surface area contributed by atoms with Gasteiger partial charge in [-0.05, 0) is 19.3 Å². The number of nitrogens with zero attached hydrogens (tertiary/aromatic N) is 2. The number of hydrogen-bond donors (Lipinski definition) is 1. The Kier molecular flexibility index (Phi) is 5.79. The topological polar surface area (TPSA) is 28.2 Å². The molecule has 0 amide bonds. The fourth-order valence-corrected chi connectivity index (χ4v) is 4.11. The highest BCUT2D eigenvalue weighted by atomic mass is 32.1. The summed E-state index contributed by atoms with van der Waals surface area (Å²) >= 11 is 1.95. The fraction of sp³-hybridized carbons (Fsp3) is 0.800. The summed E-state index contributed by atoms with van der Waals surface area (Å²) in [5.41, 5.74) is 1.36. The Balaban J connectivity index is 2.17. The van der Waals surface area contributed by atoms with Gasteiger partial charge in [0.15, 0.2) is 0 Å². The summed E-state index contributed by atoms with van der Waals surface area (Å²) in [4.78, 5) is 9.08. The Bertz CT molecular complexity index is 383. The summed E-state index contributed by atoms with van der Waals surface area (Å²) < 4.78 is 0.